The summed E-state index contributed by atoms with van der Waals surface area (Å²) >= 11 is 0. The van der Waals surface area contributed by atoms with Crippen molar-refractivity contribution >= 4 is 5.91 Å². The normalized spacial score (nSPS) is 26.0. The number of amides is 1. The molecule has 0 spiro atoms. The zero-order valence-corrected chi connectivity index (χ0v) is 11.4. The van der Waals surface area contributed by atoms with Crippen molar-refractivity contribution in [2.75, 3.05) is 0 Å². The number of hydrogen-bond acceptors (Lipinski definition) is 2. The Bertz CT molecular complexity index is 344. The van der Waals surface area contributed by atoms with Crippen LogP contribution in [0, 0.1) is 16.7 Å². The molecular weight excluding hydrogens is 224 g/mol. The molecule has 2 saturated carbocycles. The third kappa shape index (κ3) is 2.68. The SMILES string of the molecule is CC1(NC(=O)C2(C#N)CCCCC2)CCCCC1. The molecule has 1 amide bonds. The summed E-state index contributed by atoms with van der Waals surface area (Å²) in [6.07, 6.45) is 10.4. The molecule has 2 aliphatic rings. The predicted octanol–water partition coefficient (Wildman–Crippen LogP) is 3.30. The lowest BCUT2D eigenvalue weighted by molar-refractivity contribution is -0.131. The van der Waals surface area contributed by atoms with Crippen molar-refractivity contribution < 1.29 is 4.79 Å². The van der Waals surface area contributed by atoms with Gasteiger partial charge in [0.2, 0.25) is 5.91 Å². The van der Waals surface area contributed by atoms with Crippen LogP contribution in [0.4, 0.5) is 0 Å². The Kier molecular flexibility index (Phi) is 3.94. The first-order valence-electron chi connectivity index (χ1n) is 7.34. The summed E-state index contributed by atoms with van der Waals surface area (Å²) in [6.45, 7) is 2.14. The van der Waals surface area contributed by atoms with Gasteiger partial charge in [-0.3, -0.25) is 4.79 Å². The van der Waals surface area contributed by atoms with Crippen LogP contribution in [0.2, 0.25) is 0 Å². The van der Waals surface area contributed by atoms with E-state index in [1.807, 2.05) is 0 Å². The van der Waals surface area contributed by atoms with Gasteiger partial charge in [0.1, 0.15) is 5.41 Å². The topological polar surface area (TPSA) is 52.9 Å². The van der Waals surface area contributed by atoms with Crippen LogP contribution in [0.5, 0.6) is 0 Å². The van der Waals surface area contributed by atoms with E-state index in [-0.39, 0.29) is 11.4 Å². The molecule has 0 aromatic carbocycles. The van der Waals surface area contributed by atoms with E-state index in [1.165, 1.54) is 19.3 Å². The Hall–Kier alpha value is -1.04. The standard InChI is InChI=1S/C15H24N2O/c1-14(8-4-2-5-9-14)17-13(18)15(12-16)10-6-3-7-11-15/h2-11H2,1H3,(H,17,18). The second kappa shape index (κ2) is 5.30. The Morgan fingerprint density at radius 3 is 2.00 bits per heavy atom. The molecule has 0 aliphatic heterocycles. The summed E-state index contributed by atoms with van der Waals surface area (Å²) in [7, 11) is 0. The number of hydrogen-bond donors (Lipinski definition) is 1. The van der Waals surface area contributed by atoms with Gasteiger partial charge in [0.15, 0.2) is 0 Å². The molecule has 0 aromatic rings. The summed E-state index contributed by atoms with van der Waals surface area (Å²) in [5.74, 6) is -0.00546. The molecule has 100 valence electrons. The van der Waals surface area contributed by atoms with Gasteiger partial charge < -0.3 is 5.32 Å². The maximum Gasteiger partial charge on any atom is 0.240 e. The van der Waals surface area contributed by atoms with Crippen molar-refractivity contribution in [1.82, 2.24) is 5.32 Å². The zero-order valence-electron chi connectivity index (χ0n) is 11.4. The molecular formula is C15H24N2O. The highest BCUT2D eigenvalue weighted by molar-refractivity contribution is 5.86. The molecule has 1 N–H and O–H groups in total. The number of nitrogens with zero attached hydrogens (tertiary/aromatic N) is 1. The van der Waals surface area contributed by atoms with Crippen LogP contribution >= 0.6 is 0 Å². The minimum absolute atomic E-state index is 0.00546. The van der Waals surface area contributed by atoms with Crippen molar-refractivity contribution in [3.63, 3.8) is 0 Å². The molecule has 2 fully saturated rings. The van der Waals surface area contributed by atoms with Crippen molar-refractivity contribution in [3.8, 4) is 6.07 Å². The van der Waals surface area contributed by atoms with E-state index in [1.54, 1.807) is 0 Å². The lowest BCUT2D eigenvalue weighted by Gasteiger charge is -2.38. The Morgan fingerprint density at radius 1 is 1.00 bits per heavy atom. The molecule has 0 bridgehead atoms. The van der Waals surface area contributed by atoms with Crippen LogP contribution in [0.3, 0.4) is 0 Å². The molecule has 0 saturated heterocycles. The van der Waals surface area contributed by atoms with E-state index in [9.17, 15) is 10.1 Å². The van der Waals surface area contributed by atoms with Gasteiger partial charge in [-0.2, -0.15) is 5.26 Å². The fourth-order valence-electron chi connectivity index (χ4n) is 3.40. The average molecular weight is 248 g/mol. The highest BCUT2D eigenvalue weighted by Crippen LogP contribution is 2.37. The van der Waals surface area contributed by atoms with Gasteiger partial charge in [0, 0.05) is 5.54 Å². The highest BCUT2D eigenvalue weighted by atomic mass is 16.2. The number of carbonyl (C=O) groups excluding carboxylic acids is 1. The van der Waals surface area contributed by atoms with Gasteiger partial charge in [-0.1, -0.05) is 38.5 Å². The average Bonchev–Trinajstić information content (AvgIpc) is 2.39. The molecule has 0 radical (unpaired) electrons. The fraction of sp³-hybridized carbons (Fsp3) is 0.867. The van der Waals surface area contributed by atoms with Gasteiger partial charge in [-0.05, 0) is 32.6 Å². The van der Waals surface area contributed by atoms with Crippen molar-refractivity contribution in [2.24, 2.45) is 5.41 Å². The molecule has 18 heavy (non-hydrogen) atoms. The number of rotatable bonds is 2. The van der Waals surface area contributed by atoms with E-state index in [4.69, 9.17) is 0 Å². The van der Waals surface area contributed by atoms with Gasteiger partial charge in [0.05, 0.1) is 6.07 Å². The zero-order chi connectivity index (χ0) is 13.1. The highest BCUT2D eigenvalue weighted by Gasteiger charge is 2.42. The Labute approximate surface area is 110 Å². The first-order valence-corrected chi connectivity index (χ1v) is 7.34. The largest absolute Gasteiger partial charge is 0.350 e. The van der Waals surface area contributed by atoms with E-state index in [0.29, 0.717) is 0 Å². The molecule has 0 aromatic heterocycles. The van der Waals surface area contributed by atoms with Crippen LogP contribution in [-0.2, 0) is 4.79 Å². The number of carbonyl (C=O) groups is 1. The van der Waals surface area contributed by atoms with E-state index < -0.39 is 5.41 Å². The Morgan fingerprint density at radius 2 is 1.50 bits per heavy atom. The fourth-order valence-corrected chi connectivity index (χ4v) is 3.40. The van der Waals surface area contributed by atoms with Crippen LogP contribution in [0.1, 0.15) is 71.1 Å². The third-order valence-corrected chi connectivity index (χ3v) is 4.73. The van der Waals surface area contributed by atoms with Crippen molar-refractivity contribution in [3.05, 3.63) is 0 Å². The van der Waals surface area contributed by atoms with E-state index >= 15 is 0 Å². The van der Waals surface area contributed by atoms with Crippen molar-refractivity contribution in [1.29, 1.82) is 5.26 Å². The minimum atomic E-state index is -0.737. The van der Waals surface area contributed by atoms with Gasteiger partial charge in [-0.15, -0.1) is 0 Å². The van der Waals surface area contributed by atoms with E-state index in [2.05, 4.69) is 18.3 Å². The first-order chi connectivity index (χ1) is 8.60. The quantitative estimate of drug-likeness (QED) is 0.815. The van der Waals surface area contributed by atoms with E-state index in [0.717, 1.165) is 44.9 Å². The molecule has 0 heterocycles. The lowest BCUT2D eigenvalue weighted by Crippen LogP contribution is -2.53. The molecule has 2 aliphatic carbocycles. The predicted molar refractivity (Wildman–Crippen MR) is 70.8 cm³/mol. The summed E-state index contributed by atoms with van der Waals surface area (Å²) in [5, 5.41) is 12.6. The number of nitriles is 1. The van der Waals surface area contributed by atoms with Gasteiger partial charge in [0.25, 0.3) is 0 Å². The molecule has 2 rings (SSSR count). The van der Waals surface area contributed by atoms with Crippen LogP contribution < -0.4 is 5.32 Å². The minimum Gasteiger partial charge on any atom is -0.350 e. The second-order valence-electron chi connectivity index (χ2n) is 6.33. The maximum absolute atomic E-state index is 12.5. The lowest BCUT2D eigenvalue weighted by atomic mass is 9.73. The van der Waals surface area contributed by atoms with Crippen molar-refractivity contribution in [2.45, 2.75) is 76.7 Å². The maximum atomic E-state index is 12.5. The summed E-state index contributed by atoms with van der Waals surface area (Å²) in [5.41, 5.74) is -0.810. The Balaban J connectivity index is 2.03. The summed E-state index contributed by atoms with van der Waals surface area (Å²) in [4.78, 5) is 12.5. The van der Waals surface area contributed by atoms with Crippen LogP contribution in [0.25, 0.3) is 0 Å². The molecule has 0 atom stereocenters. The smallest absolute Gasteiger partial charge is 0.240 e. The third-order valence-electron chi connectivity index (χ3n) is 4.73. The molecule has 0 unspecified atom stereocenters. The first kappa shape index (κ1) is 13.4. The molecule has 3 heteroatoms. The van der Waals surface area contributed by atoms with Crippen LogP contribution in [0.15, 0.2) is 0 Å². The summed E-state index contributed by atoms with van der Waals surface area (Å²) in [6, 6.07) is 2.31. The second-order valence-corrected chi connectivity index (χ2v) is 6.33. The monoisotopic (exact) mass is 248 g/mol. The molecule has 3 nitrogen and oxygen atoms in total. The van der Waals surface area contributed by atoms with Gasteiger partial charge in [-0.25, -0.2) is 0 Å². The summed E-state index contributed by atoms with van der Waals surface area (Å²) < 4.78 is 0. The van der Waals surface area contributed by atoms with Gasteiger partial charge >= 0.3 is 0 Å². The van der Waals surface area contributed by atoms with Crippen LogP contribution in [-0.4, -0.2) is 11.4 Å². The number of nitrogens with one attached hydrogen (secondary N) is 1.